The predicted octanol–water partition coefficient (Wildman–Crippen LogP) is 2.63. The van der Waals surface area contributed by atoms with Crippen molar-refractivity contribution in [2.45, 2.75) is 26.1 Å². The molecular weight excluding hydrogens is 263 g/mol. The summed E-state index contributed by atoms with van der Waals surface area (Å²) in [6, 6.07) is 3.29. The Morgan fingerprint density at radius 3 is 2.79 bits per heavy atom. The largest absolute Gasteiger partial charge is 0.461 e. The number of alkyl halides is 3. The summed E-state index contributed by atoms with van der Waals surface area (Å²) in [5, 5.41) is 0. The van der Waals surface area contributed by atoms with Gasteiger partial charge in [0.15, 0.2) is 0 Å². The van der Waals surface area contributed by atoms with E-state index in [1.54, 1.807) is 29.8 Å². The third kappa shape index (κ3) is 5.78. The van der Waals surface area contributed by atoms with E-state index in [9.17, 15) is 18.0 Å². The predicted molar refractivity (Wildman–Crippen MR) is 61.9 cm³/mol. The smallest absolute Gasteiger partial charge is 0.411 e. The number of aromatic nitrogens is 1. The fourth-order valence-corrected chi connectivity index (χ4v) is 1.52. The maximum atomic E-state index is 11.8. The van der Waals surface area contributed by atoms with Crippen molar-refractivity contribution in [3.05, 3.63) is 24.0 Å². The molecule has 0 saturated carbocycles. The number of hydrogen-bond donors (Lipinski definition) is 0. The van der Waals surface area contributed by atoms with Crippen molar-refractivity contribution < 1.29 is 27.4 Å². The van der Waals surface area contributed by atoms with Crippen molar-refractivity contribution in [3.63, 3.8) is 0 Å². The lowest BCUT2D eigenvalue weighted by Gasteiger charge is -2.10. The molecule has 0 aliphatic heterocycles. The van der Waals surface area contributed by atoms with Gasteiger partial charge in [0.1, 0.15) is 12.3 Å². The van der Waals surface area contributed by atoms with Crippen LogP contribution in [-0.2, 0) is 16.0 Å². The second kappa shape index (κ2) is 7.18. The van der Waals surface area contributed by atoms with E-state index >= 15 is 0 Å². The summed E-state index contributed by atoms with van der Waals surface area (Å²) in [6.07, 6.45) is -2.24. The molecule has 7 heteroatoms. The van der Waals surface area contributed by atoms with Crippen LogP contribution < -0.4 is 0 Å². The molecule has 1 heterocycles. The summed E-state index contributed by atoms with van der Waals surface area (Å²) >= 11 is 0. The third-order valence-electron chi connectivity index (χ3n) is 2.27. The Morgan fingerprint density at radius 2 is 2.16 bits per heavy atom. The molecule has 1 aromatic rings. The van der Waals surface area contributed by atoms with Gasteiger partial charge in [-0.3, -0.25) is 0 Å². The maximum absolute atomic E-state index is 11.8. The lowest BCUT2D eigenvalue weighted by molar-refractivity contribution is -0.174. The molecule has 0 fully saturated rings. The van der Waals surface area contributed by atoms with Crippen molar-refractivity contribution in [1.82, 2.24) is 4.57 Å². The monoisotopic (exact) mass is 279 g/mol. The van der Waals surface area contributed by atoms with Crippen molar-refractivity contribution >= 4 is 5.97 Å². The first-order valence-electron chi connectivity index (χ1n) is 5.91. The molecule has 19 heavy (non-hydrogen) atoms. The Kier molecular flexibility index (Phi) is 5.88. The second-order valence-electron chi connectivity index (χ2n) is 3.83. The Bertz CT molecular complexity index is 401. The Balaban J connectivity index is 2.34. The van der Waals surface area contributed by atoms with Gasteiger partial charge in [-0.05, 0) is 25.5 Å². The molecule has 0 unspecified atom stereocenters. The molecule has 1 aromatic heterocycles. The number of rotatable bonds is 7. The van der Waals surface area contributed by atoms with Crippen LogP contribution in [0, 0.1) is 0 Å². The van der Waals surface area contributed by atoms with Crippen molar-refractivity contribution in [2.24, 2.45) is 0 Å². The van der Waals surface area contributed by atoms with Crippen LogP contribution >= 0.6 is 0 Å². The molecule has 0 aliphatic rings. The van der Waals surface area contributed by atoms with Crippen molar-refractivity contribution in [3.8, 4) is 0 Å². The van der Waals surface area contributed by atoms with Crippen LogP contribution in [0.2, 0.25) is 0 Å². The van der Waals surface area contributed by atoms with E-state index in [0.29, 0.717) is 18.7 Å². The zero-order valence-electron chi connectivity index (χ0n) is 10.6. The van der Waals surface area contributed by atoms with Crippen molar-refractivity contribution in [1.29, 1.82) is 0 Å². The van der Waals surface area contributed by atoms with E-state index in [-0.39, 0.29) is 13.2 Å². The van der Waals surface area contributed by atoms with Gasteiger partial charge in [-0.2, -0.15) is 13.2 Å². The molecule has 0 N–H and O–H groups in total. The zero-order valence-corrected chi connectivity index (χ0v) is 10.6. The van der Waals surface area contributed by atoms with Gasteiger partial charge >= 0.3 is 12.1 Å². The minimum absolute atomic E-state index is 0.0139. The highest BCUT2D eigenvalue weighted by atomic mass is 19.4. The number of aryl methyl sites for hydroxylation is 1. The molecule has 0 aromatic carbocycles. The first-order chi connectivity index (χ1) is 8.94. The first-order valence-corrected chi connectivity index (χ1v) is 5.91. The Labute approximate surface area is 109 Å². The second-order valence-corrected chi connectivity index (χ2v) is 3.83. The zero-order chi connectivity index (χ0) is 14.3. The molecule has 108 valence electrons. The van der Waals surface area contributed by atoms with Crippen LogP contribution in [0.1, 0.15) is 23.8 Å². The SMILES string of the molecule is CCOC(=O)c1cccn1CCCOCC(F)(F)F. The number of esters is 1. The minimum atomic E-state index is -4.30. The molecule has 0 aliphatic carbocycles. The quantitative estimate of drug-likeness (QED) is 0.569. The standard InChI is InChI=1S/C12H16F3NO3/c1-2-19-11(17)10-5-3-6-16(10)7-4-8-18-9-12(13,14)15/h3,5-6H,2,4,7-9H2,1H3. The van der Waals surface area contributed by atoms with Gasteiger partial charge in [0.25, 0.3) is 0 Å². The van der Waals surface area contributed by atoms with Crippen LogP contribution in [0.3, 0.4) is 0 Å². The number of halogens is 3. The van der Waals surface area contributed by atoms with E-state index in [0.717, 1.165) is 0 Å². The van der Waals surface area contributed by atoms with E-state index < -0.39 is 18.8 Å². The average Bonchev–Trinajstić information content (AvgIpc) is 2.75. The normalized spacial score (nSPS) is 11.6. The summed E-state index contributed by atoms with van der Waals surface area (Å²) in [5.74, 6) is -0.441. The fourth-order valence-electron chi connectivity index (χ4n) is 1.52. The van der Waals surface area contributed by atoms with Crippen LogP contribution in [0.5, 0.6) is 0 Å². The minimum Gasteiger partial charge on any atom is -0.461 e. The summed E-state index contributed by atoms with van der Waals surface area (Å²) in [5.41, 5.74) is 0.387. The van der Waals surface area contributed by atoms with E-state index in [2.05, 4.69) is 4.74 Å². The highest BCUT2D eigenvalue weighted by Crippen LogP contribution is 2.14. The van der Waals surface area contributed by atoms with Gasteiger partial charge in [-0.25, -0.2) is 4.79 Å². The highest BCUT2D eigenvalue weighted by Gasteiger charge is 2.27. The van der Waals surface area contributed by atoms with Gasteiger partial charge in [0, 0.05) is 19.3 Å². The molecule has 4 nitrogen and oxygen atoms in total. The number of carbonyl (C=O) groups excluding carboxylic acids is 1. The summed E-state index contributed by atoms with van der Waals surface area (Å²) in [7, 11) is 0. The van der Waals surface area contributed by atoms with E-state index in [4.69, 9.17) is 4.74 Å². The summed E-state index contributed by atoms with van der Waals surface area (Å²) in [6.45, 7) is 1.12. The summed E-state index contributed by atoms with van der Waals surface area (Å²) in [4.78, 5) is 11.5. The van der Waals surface area contributed by atoms with Gasteiger partial charge in [0.05, 0.1) is 6.61 Å². The molecule has 0 saturated heterocycles. The maximum Gasteiger partial charge on any atom is 0.411 e. The first kappa shape index (κ1) is 15.6. The van der Waals surface area contributed by atoms with Gasteiger partial charge in [0.2, 0.25) is 0 Å². The number of nitrogens with zero attached hydrogens (tertiary/aromatic N) is 1. The van der Waals surface area contributed by atoms with Gasteiger partial charge < -0.3 is 14.0 Å². The third-order valence-corrected chi connectivity index (χ3v) is 2.27. The lowest BCUT2D eigenvalue weighted by atomic mass is 10.4. The molecular formula is C12H16F3NO3. The summed E-state index contributed by atoms with van der Waals surface area (Å²) < 4.78 is 46.4. The molecule has 0 bridgehead atoms. The molecule has 0 radical (unpaired) electrons. The van der Waals surface area contributed by atoms with Crippen LogP contribution in [0.25, 0.3) is 0 Å². The Hall–Kier alpha value is -1.50. The molecule has 0 atom stereocenters. The topological polar surface area (TPSA) is 40.5 Å². The average molecular weight is 279 g/mol. The van der Waals surface area contributed by atoms with Crippen LogP contribution in [0.4, 0.5) is 13.2 Å². The van der Waals surface area contributed by atoms with Crippen LogP contribution in [-0.4, -0.2) is 36.5 Å². The van der Waals surface area contributed by atoms with Crippen molar-refractivity contribution in [2.75, 3.05) is 19.8 Å². The molecule has 0 amide bonds. The molecule has 1 rings (SSSR count). The number of ether oxygens (including phenoxy) is 2. The number of hydrogen-bond acceptors (Lipinski definition) is 3. The highest BCUT2D eigenvalue weighted by molar-refractivity contribution is 5.87. The Morgan fingerprint density at radius 1 is 1.42 bits per heavy atom. The number of carbonyl (C=O) groups is 1. The van der Waals surface area contributed by atoms with Crippen LogP contribution in [0.15, 0.2) is 18.3 Å². The van der Waals surface area contributed by atoms with E-state index in [1.165, 1.54) is 0 Å². The fraction of sp³-hybridized carbons (Fsp3) is 0.583. The van der Waals surface area contributed by atoms with E-state index in [1.807, 2.05) is 0 Å². The molecule has 0 spiro atoms. The lowest BCUT2D eigenvalue weighted by Crippen LogP contribution is -2.18. The van der Waals surface area contributed by atoms with Gasteiger partial charge in [-0.15, -0.1) is 0 Å². The van der Waals surface area contributed by atoms with Gasteiger partial charge in [-0.1, -0.05) is 0 Å².